The number of nitrogen functional groups attached to an aromatic ring is 1. The van der Waals surface area contributed by atoms with Crippen LogP contribution in [0.1, 0.15) is 32.4 Å². The highest BCUT2D eigenvalue weighted by atomic mass is 35.5. The predicted molar refractivity (Wildman–Crippen MR) is 71.4 cm³/mol. The Morgan fingerprint density at radius 1 is 1.47 bits per heavy atom. The number of aromatic nitrogens is 1. The number of amides is 1. The van der Waals surface area contributed by atoms with Gasteiger partial charge in [0.05, 0.1) is 5.02 Å². The van der Waals surface area contributed by atoms with Crippen LogP contribution in [0, 0.1) is 0 Å². The number of carbonyl (C=O) groups is 2. The lowest BCUT2D eigenvalue weighted by Gasteiger charge is -2.18. The number of rotatable bonds is 4. The fourth-order valence-electron chi connectivity index (χ4n) is 1.41. The number of halogens is 1. The van der Waals surface area contributed by atoms with E-state index in [1.165, 1.54) is 19.2 Å². The summed E-state index contributed by atoms with van der Waals surface area (Å²) in [5.41, 5.74) is 5.86. The van der Waals surface area contributed by atoms with E-state index in [4.69, 9.17) is 22.1 Å². The molecule has 1 aromatic heterocycles. The Bertz CT molecular complexity index is 491. The maximum atomic E-state index is 12.0. The number of pyridine rings is 1. The molecule has 0 fully saturated rings. The van der Waals surface area contributed by atoms with Crippen molar-refractivity contribution in [1.29, 1.82) is 0 Å². The van der Waals surface area contributed by atoms with Gasteiger partial charge < -0.3 is 15.8 Å². The summed E-state index contributed by atoms with van der Waals surface area (Å²) in [7, 11) is 0. The molecule has 0 spiro atoms. The van der Waals surface area contributed by atoms with Gasteiger partial charge in [-0.1, -0.05) is 11.6 Å². The van der Waals surface area contributed by atoms with Crippen LogP contribution >= 0.6 is 11.6 Å². The normalized spacial score (nSPS) is 12.1. The summed E-state index contributed by atoms with van der Waals surface area (Å²) in [5, 5.41) is 2.86. The molecule has 1 rings (SSSR count). The molecule has 6 nitrogen and oxygen atoms in total. The number of hydrogen-bond donors (Lipinski definition) is 2. The summed E-state index contributed by atoms with van der Waals surface area (Å²) in [5.74, 6) is -0.860. The molecule has 1 unspecified atom stereocenters. The van der Waals surface area contributed by atoms with Crippen LogP contribution in [-0.2, 0) is 14.3 Å². The molecule has 0 aliphatic carbocycles. The summed E-state index contributed by atoms with van der Waals surface area (Å²) in [4.78, 5) is 26.9. The van der Waals surface area contributed by atoms with Crippen molar-refractivity contribution in [3.8, 4) is 0 Å². The number of carbonyl (C=O) groups excluding carboxylic acids is 2. The molecule has 7 heteroatoms. The second-order valence-electron chi connectivity index (χ2n) is 4.29. The first-order chi connectivity index (χ1) is 8.81. The first kappa shape index (κ1) is 15.2. The van der Waals surface area contributed by atoms with Crippen molar-refractivity contribution < 1.29 is 14.3 Å². The van der Waals surface area contributed by atoms with E-state index in [-0.39, 0.29) is 16.9 Å². The second kappa shape index (κ2) is 6.38. The molecule has 19 heavy (non-hydrogen) atoms. The molecule has 3 N–H and O–H groups in total. The Morgan fingerprint density at radius 2 is 2.11 bits per heavy atom. The van der Waals surface area contributed by atoms with Crippen LogP contribution in [0.3, 0.4) is 0 Å². The van der Waals surface area contributed by atoms with Crippen LogP contribution in [0.5, 0.6) is 0 Å². The smallest absolute Gasteiger partial charge is 0.303 e. The van der Waals surface area contributed by atoms with E-state index >= 15 is 0 Å². The number of nitrogens with one attached hydrogen (secondary N) is 1. The first-order valence-electron chi connectivity index (χ1n) is 5.69. The van der Waals surface area contributed by atoms with E-state index in [2.05, 4.69) is 10.3 Å². The summed E-state index contributed by atoms with van der Waals surface area (Å²) in [6.45, 7) is 4.83. The third kappa shape index (κ3) is 4.40. The van der Waals surface area contributed by atoms with Crippen molar-refractivity contribution in [3.63, 3.8) is 0 Å². The number of anilines is 1. The van der Waals surface area contributed by atoms with E-state index < -0.39 is 18.0 Å². The van der Waals surface area contributed by atoms with E-state index in [0.29, 0.717) is 5.56 Å². The highest BCUT2D eigenvalue weighted by molar-refractivity contribution is 6.32. The zero-order chi connectivity index (χ0) is 14.6. The van der Waals surface area contributed by atoms with Gasteiger partial charge in [0.25, 0.3) is 5.91 Å². The molecule has 0 radical (unpaired) electrons. The Hall–Kier alpha value is -1.82. The minimum Gasteiger partial charge on any atom is -0.447 e. The van der Waals surface area contributed by atoms with Crippen LogP contribution in [0.4, 0.5) is 5.82 Å². The van der Waals surface area contributed by atoms with Gasteiger partial charge in [-0.05, 0) is 19.9 Å². The molecule has 0 saturated heterocycles. The Balaban J connectivity index is 3.04. The third-order valence-electron chi connectivity index (χ3n) is 2.15. The van der Waals surface area contributed by atoms with E-state index in [9.17, 15) is 9.59 Å². The van der Waals surface area contributed by atoms with Crippen LogP contribution in [0.15, 0.2) is 12.3 Å². The molecule has 1 amide bonds. The van der Waals surface area contributed by atoms with Gasteiger partial charge >= 0.3 is 5.97 Å². The van der Waals surface area contributed by atoms with Crippen molar-refractivity contribution in [3.05, 3.63) is 22.8 Å². The van der Waals surface area contributed by atoms with Gasteiger partial charge in [0, 0.05) is 24.7 Å². The van der Waals surface area contributed by atoms with Crippen LogP contribution in [0.2, 0.25) is 5.02 Å². The van der Waals surface area contributed by atoms with E-state index in [0.717, 1.165) is 0 Å². The average molecular weight is 286 g/mol. The topological polar surface area (TPSA) is 94.3 Å². The van der Waals surface area contributed by atoms with Crippen molar-refractivity contribution in [2.45, 2.75) is 32.9 Å². The minimum absolute atomic E-state index is 0.0808. The summed E-state index contributed by atoms with van der Waals surface area (Å²) in [6.07, 6.45) is 0.264. The zero-order valence-corrected chi connectivity index (χ0v) is 11.7. The molecule has 1 aromatic rings. The fourth-order valence-corrected chi connectivity index (χ4v) is 1.58. The van der Waals surface area contributed by atoms with Gasteiger partial charge in [0.2, 0.25) is 6.10 Å². The SMILES string of the molecule is CC(=O)OC(C(=O)NC(C)C)c1cnc(N)c(Cl)c1. The van der Waals surface area contributed by atoms with Crippen LogP contribution in [-0.4, -0.2) is 22.9 Å². The molecule has 0 aromatic carbocycles. The molecule has 0 aliphatic rings. The third-order valence-corrected chi connectivity index (χ3v) is 2.45. The predicted octanol–water partition coefficient (Wildman–Crippen LogP) is 1.45. The van der Waals surface area contributed by atoms with Crippen molar-refractivity contribution in [2.24, 2.45) is 0 Å². The Morgan fingerprint density at radius 3 is 2.58 bits per heavy atom. The summed E-state index contributed by atoms with van der Waals surface area (Å²) >= 11 is 5.85. The molecular formula is C12H16ClN3O3. The van der Waals surface area contributed by atoms with Gasteiger partial charge in [0.15, 0.2) is 0 Å². The standard InChI is InChI=1S/C12H16ClN3O3/c1-6(2)16-12(18)10(19-7(3)17)8-4-9(13)11(14)15-5-8/h4-6,10H,1-3H3,(H2,14,15)(H,16,18). The van der Waals surface area contributed by atoms with E-state index in [1.807, 2.05) is 0 Å². The van der Waals surface area contributed by atoms with Gasteiger partial charge in [-0.2, -0.15) is 0 Å². The quantitative estimate of drug-likeness (QED) is 0.817. The van der Waals surface area contributed by atoms with Crippen LogP contribution < -0.4 is 11.1 Å². The number of hydrogen-bond acceptors (Lipinski definition) is 5. The zero-order valence-electron chi connectivity index (χ0n) is 10.9. The Labute approximate surface area is 116 Å². The number of esters is 1. The van der Waals surface area contributed by atoms with Crippen molar-refractivity contribution in [1.82, 2.24) is 10.3 Å². The van der Waals surface area contributed by atoms with E-state index in [1.54, 1.807) is 13.8 Å². The minimum atomic E-state index is -1.09. The second-order valence-corrected chi connectivity index (χ2v) is 4.70. The highest BCUT2D eigenvalue weighted by Gasteiger charge is 2.25. The Kier molecular flexibility index (Phi) is 5.11. The molecule has 0 aliphatic heterocycles. The average Bonchev–Trinajstić information content (AvgIpc) is 2.28. The van der Waals surface area contributed by atoms with Gasteiger partial charge in [0.1, 0.15) is 5.82 Å². The largest absolute Gasteiger partial charge is 0.447 e. The number of nitrogens with zero attached hydrogens (tertiary/aromatic N) is 1. The molecule has 1 atom stereocenters. The lowest BCUT2D eigenvalue weighted by Crippen LogP contribution is -2.36. The van der Waals surface area contributed by atoms with Crippen molar-refractivity contribution >= 4 is 29.3 Å². The lowest BCUT2D eigenvalue weighted by atomic mass is 10.1. The van der Waals surface area contributed by atoms with Gasteiger partial charge in [-0.15, -0.1) is 0 Å². The van der Waals surface area contributed by atoms with Gasteiger partial charge in [-0.25, -0.2) is 4.98 Å². The monoisotopic (exact) mass is 285 g/mol. The first-order valence-corrected chi connectivity index (χ1v) is 6.07. The summed E-state index contributed by atoms with van der Waals surface area (Å²) < 4.78 is 5.00. The molecule has 0 saturated carbocycles. The fraction of sp³-hybridized carbons (Fsp3) is 0.417. The van der Waals surface area contributed by atoms with Crippen molar-refractivity contribution in [2.75, 3.05) is 5.73 Å². The molecule has 104 valence electrons. The van der Waals surface area contributed by atoms with Crippen LogP contribution in [0.25, 0.3) is 0 Å². The molecular weight excluding hydrogens is 270 g/mol. The lowest BCUT2D eigenvalue weighted by molar-refractivity contribution is -0.154. The summed E-state index contributed by atoms with van der Waals surface area (Å²) in [6, 6.07) is 1.37. The molecule has 0 bridgehead atoms. The maximum Gasteiger partial charge on any atom is 0.303 e. The number of nitrogens with two attached hydrogens (primary N) is 1. The maximum absolute atomic E-state index is 12.0. The highest BCUT2D eigenvalue weighted by Crippen LogP contribution is 2.24. The molecule has 1 heterocycles. The number of ether oxygens (including phenoxy) is 1. The van der Waals surface area contributed by atoms with Gasteiger partial charge in [-0.3, -0.25) is 9.59 Å².